The van der Waals surface area contributed by atoms with Crippen LogP contribution in [0.5, 0.6) is 0 Å². The number of carbonyl (C=O) groups is 1. The number of para-hydroxylation sites is 1. The van der Waals surface area contributed by atoms with Crippen molar-refractivity contribution in [2.75, 3.05) is 5.32 Å². The van der Waals surface area contributed by atoms with E-state index in [2.05, 4.69) is 10.2 Å². The molecule has 0 saturated carbocycles. The van der Waals surface area contributed by atoms with E-state index in [0.717, 1.165) is 5.69 Å². The summed E-state index contributed by atoms with van der Waals surface area (Å²) in [7, 11) is 0. The van der Waals surface area contributed by atoms with Crippen LogP contribution in [-0.2, 0) is 9.62 Å². The Kier molecular flexibility index (Phi) is 7.24. The van der Waals surface area contributed by atoms with Gasteiger partial charge in [-0.1, -0.05) is 18.2 Å². The van der Waals surface area contributed by atoms with Gasteiger partial charge in [0.2, 0.25) is 0 Å². The molecule has 0 radical (unpaired) electrons. The zero-order chi connectivity index (χ0) is 15.8. The standard InChI is InChI=1S/C11H15NO2.C4H10O2/c1-11(2,3)14-10(13)12-9-7-5-4-6-8-9;1-4(2,3)6-5/h4-8H,1-3H3,(H,12,13);5H,1-3H3. The maximum atomic E-state index is 11.3. The fourth-order valence-electron chi connectivity index (χ4n) is 0.943. The van der Waals surface area contributed by atoms with Gasteiger partial charge in [-0.15, -0.1) is 0 Å². The average molecular weight is 283 g/mol. The predicted molar refractivity (Wildman–Crippen MR) is 79.8 cm³/mol. The second kappa shape index (κ2) is 7.87. The van der Waals surface area contributed by atoms with Crippen LogP contribution in [0.4, 0.5) is 10.5 Å². The fraction of sp³-hybridized carbons (Fsp3) is 0.533. The predicted octanol–water partition coefficient (Wildman–Crippen LogP) is 4.31. The number of anilines is 1. The molecule has 5 heteroatoms. The summed E-state index contributed by atoms with van der Waals surface area (Å²) in [6.45, 7) is 10.8. The normalized spacial score (nSPS) is 11.2. The van der Waals surface area contributed by atoms with E-state index in [9.17, 15) is 4.79 Å². The summed E-state index contributed by atoms with van der Waals surface area (Å²) in [6.07, 6.45) is -0.427. The Morgan fingerprint density at radius 2 is 1.45 bits per heavy atom. The van der Waals surface area contributed by atoms with Crippen LogP contribution >= 0.6 is 0 Å². The van der Waals surface area contributed by atoms with E-state index >= 15 is 0 Å². The van der Waals surface area contributed by atoms with Crippen LogP contribution in [0.1, 0.15) is 41.5 Å². The van der Waals surface area contributed by atoms with Crippen LogP contribution in [0.3, 0.4) is 0 Å². The Bertz CT molecular complexity index is 391. The topological polar surface area (TPSA) is 67.8 Å². The third-order valence-electron chi connectivity index (χ3n) is 1.69. The largest absolute Gasteiger partial charge is 0.444 e. The van der Waals surface area contributed by atoms with Crippen molar-refractivity contribution in [2.24, 2.45) is 0 Å². The molecule has 5 nitrogen and oxygen atoms in total. The van der Waals surface area contributed by atoms with Gasteiger partial charge in [-0.2, -0.15) is 0 Å². The molecule has 0 bridgehead atoms. The van der Waals surface area contributed by atoms with Crippen LogP contribution in [0.15, 0.2) is 30.3 Å². The van der Waals surface area contributed by atoms with Crippen molar-refractivity contribution in [1.29, 1.82) is 0 Å². The monoisotopic (exact) mass is 283 g/mol. The molecule has 0 aliphatic rings. The number of hydrogen-bond acceptors (Lipinski definition) is 4. The second-order valence-corrected chi connectivity index (χ2v) is 6.20. The van der Waals surface area contributed by atoms with Crippen molar-refractivity contribution in [3.05, 3.63) is 30.3 Å². The Morgan fingerprint density at radius 1 is 1.00 bits per heavy atom. The molecule has 114 valence electrons. The van der Waals surface area contributed by atoms with Crippen molar-refractivity contribution in [3.8, 4) is 0 Å². The summed E-state index contributed by atoms with van der Waals surface area (Å²) < 4.78 is 5.09. The second-order valence-electron chi connectivity index (χ2n) is 6.20. The molecule has 0 spiro atoms. The summed E-state index contributed by atoms with van der Waals surface area (Å²) in [5.41, 5.74) is -0.125. The summed E-state index contributed by atoms with van der Waals surface area (Å²) >= 11 is 0. The lowest BCUT2D eigenvalue weighted by atomic mass is 10.2. The molecule has 0 heterocycles. The van der Waals surface area contributed by atoms with Gasteiger partial charge in [0.1, 0.15) is 5.60 Å². The van der Waals surface area contributed by atoms with Crippen LogP contribution < -0.4 is 5.32 Å². The lowest BCUT2D eigenvalue weighted by Crippen LogP contribution is -2.27. The molecule has 1 amide bonds. The van der Waals surface area contributed by atoms with Crippen molar-refractivity contribution in [2.45, 2.75) is 52.7 Å². The summed E-state index contributed by atoms with van der Waals surface area (Å²) in [5, 5.41) is 10.5. The molecule has 0 aliphatic heterocycles. The molecule has 0 unspecified atom stereocenters. The van der Waals surface area contributed by atoms with E-state index in [0.29, 0.717) is 0 Å². The van der Waals surface area contributed by atoms with E-state index in [4.69, 9.17) is 9.99 Å². The number of ether oxygens (including phenoxy) is 1. The maximum absolute atomic E-state index is 11.3. The number of nitrogens with one attached hydrogen (secondary N) is 1. The molecule has 0 aromatic heterocycles. The van der Waals surface area contributed by atoms with Crippen LogP contribution in [0, 0.1) is 0 Å². The SMILES string of the molecule is CC(C)(C)OC(=O)Nc1ccccc1.CC(C)(C)OO. The smallest absolute Gasteiger partial charge is 0.412 e. The first-order valence-corrected chi connectivity index (χ1v) is 6.41. The highest BCUT2D eigenvalue weighted by Gasteiger charge is 2.15. The van der Waals surface area contributed by atoms with Gasteiger partial charge in [0.25, 0.3) is 0 Å². The van der Waals surface area contributed by atoms with E-state index in [1.165, 1.54) is 0 Å². The Morgan fingerprint density at radius 3 is 1.80 bits per heavy atom. The van der Waals surface area contributed by atoms with Crippen molar-refractivity contribution in [3.63, 3.8) is 0 Å². The van der Waals surface area contributed by atoms with E-state index in [1.807, 2.05) is 51.1 Å². The molecule has 1 aromatic rings. The number of rotatable bonds is 1. The third-order valence-corrected chi connectivity index (χ3v) is 1.69. The molecule has 0 atom stereocenters. The van der Waals surface area contributed by atoms with E-state index in [-0.39, 0.29) is 0 Å². The first-order valence-electron chi connectivity index (χ1n) is 6.41. The van der Waals surface area contributed by atoms with Gasteiger partial charge in [0.05, 0.1) is 5.60 Å². The Hall–Kier alpha value is -1.59. The van der Waals surface area contributed by atoms with Crippen molar-refractivity contribution < 1.29 is 19.7 Å². The van der Waals surface area contributed by atoms with Gasteiger partial charge < -0.3 is 4.74 Å². The van der Waals surface area contributed by atoms with Gasteiger partial charge in [-0.05, 0) is 53.7 Å². The number of amides is 1. The fourth-order valence-corrected chi connectivity index (χ4v) is 0.943. The third kappa shape index (κ3) is 11.5. The van der Waals surface area contributed by atoms with Gasteiger partial charge >= 0.3 is 6.09 Å². The summed E-state index contributed by atoms with van der Waals surface area (Å²) in [5.74, 6) is 0. The minimum Gasteiger partial charge on any atom is -0.444 e. The maximum Gasteiger partial charge on any atom is 0.412 e. The molecule has 0 aliphatic carbocycles. The zero-order valence-electron chi connectivity index (χ0n) is 13.1. The molecule has 20 heavy (non-hydrogen) atoms. The lowest BCUT2D eigenvalue weighted by Gasteiger charge is -2.19. The first kappa shape index (κ1) is 18.4. The summed E-state index contributed by atoms with van der Waals surface area (Å²) in [6, 6.07) is 9.22. The molecular weight excluding hydrogens is 258 g/mol. The lowest BCUT2D eigenvalue weighted by molar-refractivity contribution is -0.306. The number of carbonyl (C=O) groups excluding carboxylic acids is 1. The molecule has 0 saturated heterocycles. The van der Waals surface area contributed by atoms with Gasteiger partial charge in [-0.25, -0.2) is 9.68 Å². The minimum absolute atomic E-state index is 0.403. The Labute approximate surface area is 120 Å². The van der Waals surface area contributed by atoms with E-state index < -0.39 is 17.3 Å². The van der Waals surface area contributed by atoms with Gasteiger partial charge in [0, 0.05) is 5.69 Å². The molecule has 2 N–H and O–H groups in total. The molecular formula is C15H25NO4. The van der Waals surface area contributed by atoms with Crippen molar-refractivity contribution >= 4 is 11.8 Å². The van der Waals surface area contributed by atoms with Crippen LogP contribution in [-0.4, -0.2) is 22.6 Å². The molecule has 0 fully saturated rings. The van der Waals surface area contributed by atoms with E-state index in [1.54, 1.807) is 20.8 Å². The molecule has 1 aromatic carbocycles. The highest BCUT2D eigenvalue weighted by Crippen LogP contribution is 2.10. The number of hydrogen-bond donors (Lipinski definition) is 2. The molecule has 1 rings (SSSR count). The van der Waals surface area contributed by atoms with Crippen LogP contribution in [0.25, 0.3) is 0 Å². The van der Waals surface area contributed by atoms with Gasteiger partial charge in [-0.3, -0.25) is 10.6 Å². The Balaban J connectivity index is 0.000000511. The van der Waals surface area contributed by atoms with Gasteiger partial charge in [0.15, 0.2) is 0 Å². The first-order chi connectivity index (χ1) is 9.03. The van der Waals surface area contributed by atoms with Crippen LogP contribution in [0.2, 0.25) is 0 Å². The number of benzene rings is 1. The van der Waals surface area contributed by atoms with Crippen molar-refractivity contribution in [1.82, 2.24) is 0 Å². The highest BCUT2D eigenvalue weighted by molar-refractivity contribution is 5.84. The minimum atomic E-state index is -0.459. The highest BCUT2D eigenvalue weighted by atomic mass is 17.1. The zero-order valence-corrected chi connectivity index (χ0v) is 13.1. The average Bonchev–Trinajstić information content (AvgIpc) is 2.27. The quantitative estimate of drug-likeness (QED) is 0.595. The summed E-state index contributed by atoms with van der Waals surface area (Å²) in [4.78, 5) is 15.2.